The predicted octanol–water partition coefficient (Wildman–Crippen LogP) is 1.25. The average Bonchev–Trinajstić information content (AvgIpc) is 3.35. The van der Waals surface area contributed by atoms with Gasteiger partial charge in [0.1, 0.15) is 11.9 Å². The summed E-state index contributed by atoms with van der Waals surface area (Å²) in [5, 5.41) is 65.9. The molecular weight excluding hydrogens is 752 g/mol. The molecule has 1 aromatic carbocycles. The number of benzene rings is 1. The van der Waals surface area contributed by atoms with Crippen molar-refractivity contribution >= 4 is 41.1 Å². The summed E-state index contributed by atoms with van der Waals surface area (Å²) < 4.78 is 22.5. The SMILES string of the molecule is COC1C#CC(O)=c2c(O)c3c(/C=N/N4CCN(C)CC4)c(O)c2=C1C(=O)O/C=C/C(OC)[C@@H](C)C(OC(C)=O)[C@H](C)C(O)[C@H](C)C(O)[C@@H](C)/C=C/C=C(/C)C(=O)N3. The monoisotopic (exact) mass is 808 g/mol. The van der Waals surface area contributed by atoms with Crippen molar-refractivity contribution in [3.05, 3.63) is 52.1 Å². The summed E-state index contributed by atoms with van der Waals surface area (Å²) in [7, 11) is 4.62. The Morgan fingerprint density at radius 2 is 1.62 bits per heavy atom. The summed E-state index contributed by atoms with van der Waals surface area (Å²) in [6.07, 6.45) is 2.99. The highest BCUT2D eigenvalue weighted by Gasteiger charge is 2.39. The number of piperazine rings is 1. The first kappa shape index (κ1) is 45.5. The lowest BCUT2D eigenvalue weighted by Gasteiger charge is -2.38. The lowest BCUT2D eigenvalue weighted by atomic mass is 9.78. The second-order valence-electron chi connectivity index (χ2n) is 15.0. The van der Waals surface area contributed by atoms with Gasteiger partial charge in [0.25, 0.3) is 5.91 Å². The van der Waals surface area contributed by atoms with E-state index < -0.39 is 100 Å². The summed E-state index contributed by atoms with van der Waals surface area (Å²) >= 11 is 0. The van der Waals surface area contributed by atoms with Gasteiger partial charge in [0.2, 0.25) is 0 Å². The minimum absolute atomic E-state index is 0.148. The molecule has 6 N–H and O–H groups in total. The second kappa shape index (κ2) is 20.0. The third-order valence-electron chi connectivity index (χ3n) is 10.9. The van der Waals surface area contributed by atoms with Gasteiger partial charge in [-0.05, 0) is 26.0 Å². The number of allylic oxidation sites excluding steroid dienone is 2. The normalized spacial score (nSPS) is 31.3. The maximum absolute atomic E-state index is 14.1. The van der Waals surface area contributed by atoms with Crippen molar-refractivity contribution in [2.75, 3.05) is 52.8 Å². The first-order valence-electron chi connectivity index (χ1n) is 19.1. The average molecular weight is 809 g/mol. The molecule has 3 heterocycles. The fourth-order valence-corrected chi connectivity index (χ4v) is 7.24. The van der Waals surface area contributed by atoms with Crippen LogP contribution in [-0.4, -0.2) is 137 Å². The number of rotatable bonds is 5. The van der Waals surface area contributed by atoms with Crippen molar-refractivity contribution in [3.63, 3.8) is 0 Å². The van der Waals surface area contributed by atoms with E-state index in [0.717, 1.165) is 6.26 Å². The lowest BCUT2D eigenvalue weighted by Crippen LogP contribution is -2.46. The Balaban J connectivity index is 2.00. The predicted molar refractivity (Wildman–Crippen MR) is 215 cm³/mol. The lowest BCUT2D eigenvalue weighted by molar-refractivity contribution is -0.160. The van der Waals surface area contributed by atoms with Crippen LogP contribution in [0.1, 0.15) is 47.1 Å². The number of amides is 1. The van der Waals surface area contributed by atoms with Crippen LogP contribution in [0.5, 0.6) is 11.5 Å². The number of nitrogens with zero attached hydrogens (tertiary/aromatic N) is 3. The Kier molecular flexibility index (Phi) is 15.7. The van der Waals surface area contributed by atoms with Crippen LogP contribution in [-0.2, 0) is 33.3 Å². The second-order valence-corrected chi connectivity index (χ2v) is 15.0. The molecule has 1 fully saturated rings. The molecular formula is C42H56N4O12. The molecule has 1 amide bonds. The Labute approximate surface area is 338 Å². The van der Waals surface area contributed by atoms with Crippen molar-refractivity contribution in [3.8, 4) is 23.3 Å². The summed E-state index contributed by atoms with van der Waals surface area (Å²) in [6.45, 7) is 12.1. The first-order chi connectivity index (χ1) is 27.4. The number of hydrazone groups is 1. The van der Waals surface area contributed by atoms with Crippen molar-refractivity contribution in [1.82, 2.24) is 9.91 Å². The van der Waals surface area contributed by atoms with E-state index in [0.29, 0.717) is 26.2 Å². The molecule has 316 valence electrons. The van der Waals surface area contributed by atoms with E-state index >= 15 is 0 Å². The van der Waals surface area contributed by atoms with Crippen LogP contribution in [0.2, 0.25) is 0 Å². The molecule has 16 nitrogen and oxygen atoms in total. The first-order valence-corrected chi connectivity index (χ1v) is 19.1. The molecule has 3 aliphatic heterocycles. The number of methoxy groups -OCH3 is 2. The number of phenolic OH excluding ortho intramolecular Hbond substituents is 2. The van der Waals surface area contributed by atoms with Gasteiger partial charge < -0.3 is 54.7 Å². The van der Waals surface area contributed by atoms with Gasteiger partial charge in [-0.25, -0.2) is 4.79 Å². The molecule has 16 heteroatoms. The number of hydrogen-bond acceptors (Lipinski definition) is 15. The Morgan fingerprint density at radius 1 is 0.948 bits per heavy atom. The van der Waals surface area contributed by atoms with E-state index in [4.69, 9.17) is 18.9 Å². The van der Waals surface area contributed by atoms with E-state index in [9.17, 15) is 39.9 Å². The smallest absolute Gasteiger partial charge is 0.343 e. The van der Waals surface area contributed by atoms with E-state index in [1.807, 2.05) is 7.05 Å². The molecule has 0 spiro atoms. The third kappa shape index (κ3) is 10.3. The van der Waals surface area contributed by atoms with E-state index in [2.05, 4.69) is 27.2 Å². The Morgan fingerprint density at radius 3 is 2.24 bits per heavy atom. The number of aromatic hydroxyl groups is 2. The van der Waals surface area contributed by atoms with Gasteiger partial charge in [-0.15, -0.1) is 0 Å². The standard InChI is InChI=1S/C42H56N4O12/c1-22-11-10-12-23(2)41(53)44-35-28(21-43-46-18-16-45(7)17-19-46)38(51)34-32(39(35)52)29(48)13-14-31(56-9)33(34)42(54)57-20-15-30(55-8)24(3)40(58-27(6)47)26(5)37(50)25(4)36(22)49/h10-12,15,20-22,24-26,30-31,36-37,40,48-52H,16-19H2,1-9H3,(H,44,53)/b11-10+,20-15+,23-12-,43-21+/t22-,24+,25+,26+,30?,31?,36?,37?,40?/m0/s1. The number of anilines is 1. The highest BCUT2D eigenvalue weighted by Crippen LogP contribution is 2.32. The van der Waals surface area contributed by atoms with Crippen LogP contribution >= 0.6 is 0 Å². The number of esters is 2. The molecule has 5 rings (SSSR count). The van der Waals surface area contributed by atoms with E-state index in [1.54, 1.807) is 44.9 Å². The molecule has 58 heavy (non-hydrogen) atoms. The largest absolute Gasteiger partial charge is 0.507 e. The zero-order chi connectivity index (χ0) is 43.0. The molecule has 4 bridgehead atoms. The molecule has 0 aromatic heterocycles. The van der Waals surface area contributed by atoms with Gasteiger partial charge >= 0.3 is 11.9 Å². The summed E-state index contributed by atoms with van der Waals surface area (Å²) in [5.41, 5.74) is -0.767. The molecule has 0 saturated carbocycles. The molecule has 5 unspecified atom stereocenters. The zero-order valence-electron chi connectivity index (χ0n) is 34.4. The number of carbonyl (C=O) groups excluding carboxylic acids is 3. The third-order valence-corrected chi connectivity index (χ3v) is 10.9. The van der Waals surface area contributed by atoms with Crippen LogP contribution in [0, 0.1) is 35.5 Å². The van der Waals surface area contributed by atoms with Crippen LogP contribution < -0.4 is 15.8 Å². The number of ether oxygens (including phenoxy) is 4. The van der Waals surface area contributed by atoms with Gasteiger partial charge in [-0.1, -0.05) is 51.8 Å². The van der Waals surface area contributed by atoms with Crippen LogP contribution in [0.15, 0.2) is 41.2 Å². The van der Waals surface area contributed by atoms with Crippen molar-refractivity contribution < 1.29 is 58.9 Å². The minimum atomic E-state index is -1.39. The van der Waals surface area contributed by atoms with Gasteiger partial charge in [0.15, 0.2) is 17.6 Å². The minimum Gasteiger partial charge on any atom is -0.507 e. The van der Waals surface area contributed by atoms with E-state index in [-0.39, 0.29) is 22.0 Å². The van der Waals surface area contributed by atoms with Crippen molar-refractivity contribution in [2.45, 2.75) is 72.1 Å². The number of phenols is 2. The summed E-state index contributed by atoms with van der Waals surface area (Å²) in [5.74, 6) is -2.01. The van der Waals surface area contributed by atoms with Crippen LogP contribution in [0.3, 0.4) is 0 Å². The van der Waals surface area contributed by atoms with Gasteiger partial charge in [-0.3, -0.25) is 14.6 Å². The number of nitrogens with one attached hydrogen (secondary N) is 1. The maximum atomic E-state index is 14.1. The number of fused-ring (bicyclic) bond motifs is 15. The number of aliphatic hydroxyl groups excluding tert-OH is 3. The number of likely N-dealkylation sites (N-methyl/N-ethyl adjacent to an activating group) is 1. The molecule has 0 radical (unpaired) electrons. The topological polar surface area (TPSA) is 220 Å². The summed E-state index contributed by atoms with van der Waals surface area (Å²) in [6, 6.07) is 0. The Bertz CT molecular complexity index is 2020. The molecule has 1 aliphatic carbocycles. The highest BCUT2D eigenvalue weighted by atomic mass is 16.6. The Hall–Kier alpha value is -5.18. The van der Waals surface area contributed by atoms with Crippen LogP contribution in [0.25, 0.3) is 11.3 Å². The highest BCUT2D eigenvalue weighted by molar-refractivity contribution is 6.14. The maximum Gasteiger partial charge on any atom is 0.343 e. The number of carbonyl (C=O) groups is 3. The van der Waals surface area contributed by atoms with E-state index in [1.165, 1.54) is 46.4 Å². The molecule has 4 aliphatic rings. The fraction of sp³-hybridized carbons (Fsp3) is 0.524. The summed E-state index contributed by atoms with van der Waals surface area (Å²) in [4.78, 5) is 42.2. The molecule has 9 atom stereocenters. The van der Waals surface area contributed by atoms with Crippen LogP contribution in [0.4, 0.5) is 5.69 Å². The van der Waals surface area contributed by atoms with Crippen molar-refractivity contribution in [2.24, 2.45) is 28.8 Å². The fourth-order valence-electron chi connectivity index (χ4n) is 7.24. The number of aliphatic hydroxyl groups is 3. The quantitative estimate of drug-likeness (QED) is 0.0812. The van der Waals surface area contributed by atoms with Crippen molar-refractivity contribution in [1.29, 1.82) is 0 Å². The zero-order valence-corrected chi connectivity index (χ0v) is 34.4. The van der Waals surface area contributed by atoms with Gasteiger partial charge in [-0.2, -0.15) is 5.10 Å². The number of hydrogen-bond donors (Lipinski definition) is 6. The van der Waals surface area contributed by atoms with Gasteiger partial charge in [0.05, 0.1) is 52.8 Å². The van der Waals surface area contributed by atoms with Gasteiger partial charge in [0, 0.05) is 81.8 Å². The molecule has 1 aromatic rings. The molecule has 1 saturated heterocycles.